The standard InChI is InChI=1S/C14H30N4O/c1-12(2)16-14(6-9-18(5)10-7-14)13(19)15-8-11-17(3)4/h12,16H,6-11H2,1-5H3,(H,15,19). The molecule has 0 bridgehead atoms. The Morgan fingerprint density at radius 1 is 1.32 bits per heavy atom. The number of nitrogens with zero attached hydrogens (tertiary/aromatic N) is 2. The fourth-order valence-corrected chi connectivity index (χ4v) is 2.55. The Kier molecular flexibility index (Phi) is 6.23. The predicted octanol–water partition coefficient (Wildman–Crippen LogP) is 0.127. The van der Waals surface area contributed by atoms with Gasteiger partial charge in [0.15, 0.2) is 0 Å². The summed E-state index contributed by atoms with van der Waals surface area (Å²) in [6.45, 7) is 7.74. The van der Waals surface area contributed by atoms with Crippen molar-refractivity contribution in [3.05, 3.63) is 0 Å². The van der Waals surface area contributed by atoms with E-state index in [1.807, 2.05) is 14.1 Å². The second-order valence-electron chi connectivity index (χ2n) is 6.24. The molecule has 0 aromatic carbocycles. The summed E-state index contributed by atoms with van der Waals surface area (Å²) in [5.74, 6) is 0.163. The molecule has 0 aliphatic carbocycles. The second kappa shape index (κ2) is 7.22. The van der Waals surface area contributed by atoms with E-state index in [9.17, 15) is 4.79 Å². The summed E-state index contributed by atoms with van der Waals surface area (Å²) in [6.07, 6.45) is 1.77. The molecular formula is C14H30N4O. The van der Waals surface area contributed by atoms with Gasteiger partial charge in [0.25, 0.3) is 0 Å². The zero-order valence-electron chi connectivity index (χ0n) is 13.1. The number of likely N-dealkylation sites (N-methyl/N-ethyl adjacent to an activating group) is 1. The molecule has 1 fully saturated rings. The van der Waals surface area contributed by atoms with Crippen molar-refractivity contribution in [3.8, 4) is 0 Å². The van der Waals surface area contributed by atoms with E-state index in [2.05, 4.69) is 41.3 Å². The fraction of sp³-hybridized carbons (Fsp3) is 0.929. The van der Waals surface area contributed by atoms with Crippen molar-refractivity contribution in [3.63, 3.8) is 0 Å². The third kappa shape index (κ3) is 5.09. The molecule has 1 amide bonds. The average Bonchev–Trinajstić information content (AvgIpc) is 2.31. The van der Waals surface area contributed by atoms with Crippen LogP contribution in [0.3, 0.4) is 0 Å². The first-order valence-corrected chi connectivity index (χ1v) is 7.25. The van der Waals surface area contributed by atoms with Crippen LogP contribution >= 0.6 is 0 Å². The maximum atomic E-state index is 12.5. The van der Waals surface area contributed by atoms with Gasteiger partial charge >= 0.3 is 0 Å². The molecule has 1 heterocycles. The topological polar surface area (TPSA) is 47.6 Å². The number of hydrogen-bond donors (Lipinski definition) is 2. The molecule has 0 atom stereocenters. The summed E-state index contributed by atoms with van der Waals surface area (Å²) in [5.41, 5.74) is -0.382. The van der Waals surface area contributed by atoms with Crippen molar-refractivity contribution in [1.29, 1.82) is 0 Å². The van der Waals surface area contributed by atoms with E-state index in [0.29, 0.717) is 12.6 Å². The second-order valence-corrected chi connectivity index (χ2v) is 6.24. The highest BCUT2D eigenvalue weighted by molar-refractivity contribution is 5.86. The van der Waals surface area contributed by atoms with E-state index in [0.717, 1.165) is 32.5 Å². The molecule has 1 aliphatic heterocycles. The highest BCUT2D eigenvalue weighted by Gasteiger charge is 2.40. The molecule has 0 spiro atoms. The fourth-order valence-electron chi connectivity index (χ4n) is 2.55. The molecule has 2 N–H and O–H groups in total. The van der Waals surface area contributed by atoms with E-state index in [-0.39, 0.29) is 11.4 Å². The summed E-state index contributed by atoms with van der Waals surface area (Å²) in [7, 11) is 6.15. The van der Waals surface area contributed by atoms with Crippen molar-refractivity contribution < 1.29 is 4.79 Å². The van der Waals surface area contributed by atoms with Crippen LogP contribution in [0.15, 0.2) is 0 Å². The van der Waals surface area contributed by atoms with Gasteiger partial charge in [-0.2, -0.15) is 0 Å². The van der Waals surface area contributed by atoms with Gasteiger partial charge in [0, 0.05) is 32.2 Å². The lowest BCUT2D eigenvalue weighted by molar-refractivity contribution is -0.130. The summed E-state index contributed by atoms with van der Waals surface area (Å²) in [6, 6.07) is 0.322. The van der Waals surface area contributed by atoms with Crippen LogP contribution in [0.25, 0.3) is 0 Å². The van der Waals surface area contributed by atoms with Crippen molar-refractivity contribution in [2.24, 2.45) is 0 Å². The van der Waals surface area contributed by atoms with Crippen LogP contribution in [-0.2, 0) is 4.79 Å². The molecule has 0 unspecified atom stereocenters. The van der Waals surface area contributed by atoms with E-state index < -0.39 is 0 Å². The van der Waals surface area contributed by atoms with Crippen LogP contribution in [-0.4, -0.2) is 74.6 Å². The Balaban J connectivity index is 2.60. The van der Waals surface area contributed by atoms with Crippen molar-refractivity contribution in [2.45, 2.75) is 38.3 Å². The minimum atomic E-state index is -0.382. The summed E-state index contributed by atoms with van der Waals surface area (Å²) in [5, 5.41) is 6.58. The lowest BCUT2D eigenvalue weighted by atomic mass is 9.86. The van der Waals surface area contributed by atoms with Gasteiger partial charge in [-0.15, -0.1) is 0 Å². The molecule has 5 nitrogen and oxygen atoms in total. The van der Waals surface area contributed by atoms with Crippen molar-refractivity contribution >= 4 is 5.91 Å². The first-order valence-electron chi connectivity index (χ1n) is 7.25. The molecular weight excluding hydrogens is 240 g/mol. The van der Waals surface area contributed by atoms with Gasteiger partial charge in [-0.1, -0.05) is 0 Å². The molecule has 1 rings (SSSR count). The number of amides is 1. The SMILES string of the molecule is CC(C)NC1(C(=O)NCCN(C)C)CCN(C)CC1. The third-order valence-electron chi connectivity index (χ3n) is 3.68. The number of piperidine rings is 1. The monoisotopic (exact) mass is 270 g/mol. The van der Waals surface area contributed by atoms with E-state index >= 15 is 0 Å². The number of carbonyl (C=O) groups excluding carboxylic acids is 1. The molecule has 0 aromatic rings. The quantitative estimate of drug-likeness (QED) is 0.720. The molecule has 1 saturated heterocycles. The van der Waals surface area contributed by atoms with Crippen LogP contribution in [0.2, 0.25) is 0 Å². The average molecular weight is 270 g/mol. The summed E-state index contributed by atoms with van der Waals surface area (Å²) >= 11 is 0. The molecule has 0 saturated carbocycles. The number of nitrogens with one attached hydrogen (secondary N) is 2. The lowest BCUT2D eigenvalue weighted by Gasteiger charge is -2.41. The zero-order chi connectivity index (χ0) is 14.5. The summed E-state index contributed by atoms with van der Waals surface area (Å²) < 4.78 is 0. The van der Waals surface area contributed by atoms with Gasteiger partial charge in [0.1, 0.15) is 5.54 Å². The first-order chi connectivity index (χ1) is 8.85. The number of hydrogen-bond acceptors (Lipinski definition) is 4. The first kappa shape index (κ1) is 16.4. The molecule has 19 heavy (non-hydrogen) atoms. The largest absolute Gasteiger partial charge is 0.353 e. The Morgan fingerprint density at radius 3 is 2.37 bits per heavy atom. The van der Waals surface area contributed by atoms with E-state index in [1.54, 1.807) is 0 Å². The smallest absolute Gasteiger partial charge is 0.240 e. The van der Waals surface area contributed by atoms with Gasteiger partial charge in [-0.3, -0.25) is 4.79 Å². The van der Waals surface area contributed by atoms with Gasteiger partial charge in [0.05, 0.1) is 0 Å². The maximum Gasteiger partial charge on any atom is 0.240 e. The van der Waals surface area contributed by atoms with Gasteiger partial charge < -0.3 is 20.4 Å². The van der Waals surface area contributed by atoms with E-state index in [4.69, 9.17) is 0 Å². The van der Waals surface area contributed by atoms with Crippen molar-refractivity contribution in [1.82, 2.24) is 20.4 Å². The Hall–Kier alpha value is -0.650. The number of rotatable bonds is 6. The van der Waals surface area contributed by atoms with Crippen LogP contribution in [0.5, 0.6) is 0 Å². The zero-order valence-corrected chi connectivity index (χ0v) is 13.1. The minimum Gasteiger partial charge on any atom is -0.353 e. The molecule has 112 valence electrons. The van der Waals surface area contributed by atoms with Gasteiger partial charge in [0.2, 0.25) is 5.91 Å². The maximum absolute atomic E-state index is 12.5. The normalized spacial score (nSPS) is 19.9. The van der Waals surface area contributed by atoms with Crippen LogP contribution in [0.4, 0.5) is 0 Å². The van der Waals surface area contributed by atoms with Crippen LogP contribution in [0, 0.1) is 0 Å². The van der Waals surface area contributed by atoms with Gasteiger partial charge in [-0.05, 0) is 47.8 Å². The summed E-state index contributed by atoms with van der Waals surface area (Å²) in [4.78, 5) is 16.9. The molecule has 1 aliphatic rings. The van der Waals surface area contributed by atoms with Crippen molar-refractivity contribution in [2.75, 3.05) is 47.3 Å². The number of likely N-dealkylation sites (tertiary alicyclic amines) is 1. The molecule has 5 heteroatoms. The third-order valence-corrected chi connectivity index (χ3v) is 3.68. The Labute approximate surface area is 117 Å². The van der Waals surface area contributed by atoms with Crippen LogP contribution in [0.1, 0.15) is 26.7 Å². The van der Waals surface area contributed by atoms with Crippen LogP contribution < -0.4 is 10.6 Å². The lowest BCUT2D eigenvalue weighted by Crippen LogP contribution is -2.63. The van der Waals surface area contributed by atoms with Gasteiger partial charge in [-0.25, -0.2) is 0 Å². The highest BCUT2D eigenvalue weighted by atomic mass is 16.2. The Bertz CT molecular complexity index is 283. The Morgan fingerprint density at radius 2 is 1.89 bits per heavy atom. The molecule has 0 radical (unpaired) electrons. The highest BCUT2D eigenvalue weighted by Crippen LogP contribution is 2.22. The minimum absolute atomic E-state index is 0.163. The molecule has 0 aromatic heterocycles. The number of carbonyl (C=O) groups is 1. The predicted molar refractivity (Wildman–Crippen MR) is 79.3 cm³/mol. The van der Waals surface area contributed by atoms with E-state index in [1.165, 1.54) is 0 Å².